The number of amides is 1. The molecule has 34 heavy (non-hydrogen) atoms. The van der Waals surface area contributed by atoms with Gasteiger partial charge >= 0.3 is 19.2 Å². The Morgan fingerprint density at radius 3 is 2.15 bits per heavy atom. The van der Waals surface area contributed by atoms with Crippen molar-refractivity contribution in [1.29, 1.82) is 0 Å². The molecule has 0 aromatic heterocycles. The summed E-state index contributed by atoms with van der Waals surface area (Å²) in [4.78, 5) is 26.1. The van der Waals surface area contributed by atoms with E-state index in [4.69, 9.17) is 9.47 Å². The van der Waals surface area contributed by atoms with Gasteiger partial charge in [0.15, 0.2) is 0 Å². The van der Waals surface area contributed by atoms with Gasteiger partial charge < -0.3 is 19.5 Å². The normalized spacial score (nSPS) is 12.0. The second-order valence-corrected chi connectivity index (χ2v) is 8.31. The van der Waals surface area contributed by atoms with Crippen molar-refractivity contribution in [3.05, 3.63) is 82.9 Å². The summed E-state index contributed by atoms with van der Waals surface area (Å²) < 4.78 is 10.4. The second-order valence-electron chi connectivity index (χ2n) is 8.31. The topological polar surface area (TPSA) is 96.3 Å². The monoisotopic (exact) mass is 459 g/mol. The Morgan fingerprint density at radius 1 is 1.00 bits per heavy atom. The number of carbonyl (C=O) groups excluding carboxylic acids is 2. The van der Waals surface area contributed by atoms with Crippen LogP contribution in [0, 0.1) is 6.92 Å². The van der Waals surface area contributed by atoms with Gasteiger partial charge in [-0.1, -0.05) is 48.5 Å². The average molecular weight is 459 g/mol. The molecule has 0 spiro atoms. The summed E-state index contributed by atoms with van der Waals surface area (Å²) in [6, 6.07) is 19.3. The van der Waals surface area contributed by atoms with Crippen molar-refractivity contribution in [3.8, 4) is 11.1 Å². The van der Waals surface area contributed by atoms with E-state index in [1.807, 2.05) is 36.4 Å². The zero-order chi connectivity index (χ0) is 24.4. The summed E-state index contributed by atoms with van der Waals surface area (Å²) in [6.07, 6.45) is -0.651. The Kier molecular flexibility index (Phi) is 6.72. The largest absolute Gasteiger partial charge is 0.488 e. The number of nitrogens with zero attached hydrogens (tertiary/aromatic N) is 1. The summed E-state index contributed by atoms with van der Waals surface area (Å²) in [6.45, 7) is 1.84. The van der Waals surface area contributed by atoms with Crippen molar-refractivity contribution in [2.45, 2.75) is 19.3 Å². The first-order valence-electron chi connectivity index (χ1n) is 11.0. The molecule has 8 heteroatoms. The number of anilines is 1. The van der Waals surface area contributed by atoms with Crippen molar-refractivity contribution in [2.75, 3.05) is 25.7 Å². The summed E-state index contributed by atoms with van der Waals surface area (Å²) in [7, 11) is 1.07. The molecular formula is C26H26BNO6. The van der Waals surface area contributed by atoms with Gasteiger partial charge in [0, 0.05) is 18.7 Å². The number of methoxy groups -OCH3 is 1. The van der Waals surface area contributed by atoms with Crippen molar-refractivity contribution in [3.63, 3.8) is 0 Å². The van der Waals surface area contributed by atoms with Crippen LogP contribution in [0.4, 0.5) is 10.5 Å². The van der Waals surface area contributed by atoms with Gasteiger partial charge in [0.25, 0.3) is 0 Å². The van der Waals surface area contributed by atoms with Crippen LogP contribution in [-0.2, 0) is 20.7 Å². The number of esters is 1. The number of ether oxygens (including phenoxy) is 2. The molecule has 0 aliphatic heterocycles. The minimum Gasteiger partial charge on any atom is -0.469 e. The van der Waals surface area contributed by atoms with Crippen molar-refractivity contribution in [2.24, 2.45) is 0 Å². The van der Waals surface area contributed by atoms with Crippen molar-refractivity contribution >= 4 is 30.3 Å². The van der Waals surface area contributed by atoms with Gasteiger partial charge in [-0.2, -0.15) is 0 Å². The molecule has 0 bridgehead atoms. The molecular weight excluding hydrogens is 433 g/mol. The van der Waals surface area contributed by atoms with Crippen LogP contribution in [0.1, 0.15) is 28.2 Å². The third-order valence-electron chi connectivity index (χ3n) is 6.38. The minimum atomic E-state index is -1.76. The van der Waals surface area contributed by atoms with E-state index in [9.17, 15) is 19.6 Å². The quantitative estimate of drug-likeness (QED) is 0.435. The Bertz CT molecular complexity index is 1200. The molecule has 1 aliphatic rings. The van der Waals surface area contributed by atoms with Crippen LogP contribution in [0.3, 0.4) is 0 Å². The fourth-order valence-electron chi connectivity index (χ4n) is 4.45. The molecule has 2 N–H and O–H groups in total. The number of fused-ring (bicyclic) bond motifs is 3. The van der Waals surface area contributed by atoms with E-state index in [2.05, 4.69) is 12.1 Å². The maximum atomic E-state index is 13.0. The summed E-state index contributed by atoms with van der Waals surface area (Å²) in [5.74, 6) is -0.546. The van der Waals surface area contributed by atoms with Gasteiger partial charge in [-0.25, -0.2) is 4.79 Å². The third kappa shape index (κ3) is 4.42. The highest BCUT2D eigenvalue weighted by molar-refractivity contribution is 6.59. The fraction of sp³-hybridized carbons (Fsp3) is 0.231. The highest BCUT2D eigenvalue weighted by atomic mass is 16.6. The van der Waals surface area contributed by atoms with Gasteiger partial charge in [0.05, 0.1) is 13.5 Å². The molecule has 0 atom stereocenters. The van der Waals surface area contributed by atoms with Crippen molar-refractivity contribution < 1.29 is 29.1 Å². The second kappa shape index (κ2) is 9.71. The van der Waals surface area contributed by atoms with Gasteiger partial charge in [0.2, 0.25) is 0 Å². The zero-order valence-corrected chi connectivity index (χ0v) is 19.3. The molecule has 0 fully saturated rings. The van der Waals surface area contributed by atoms with E-state index in [1.54, 1.807) is 20.0 Å². The number of rotatable bonds is 6. The lowest BCUT2D eigenvalue weighted by Crippen LogP contribution is -2.35. The highest BCUT2D eigenvalue weighted by Crippen LogP contribution is 2.44. The number of hydrogen-bond donors (Lipinski definition) is 2. The molecule has 3 aromatic rings. The first-order chi connectivity index (χ1) is 16.3. The van der Waals surface area contributed by atoms with Crippen LogP contribution < -0.4 is 10.4 Å². The van der Waals surface area contributed by atoms with Gasteiger partial charge in [-0.15, -0.1) is 0 Å². The van der Waals surface area contributed by atoms with Gasteiger partial charge in [-0.3, -0.25) is 9.69 Å². The van der Waals surface area contributed by atoms with E-state index >= 15 is 0 Å². The van der Waals surface area contributed by atoms with Crippen LogP contribution in [-0.4, -0.2) is 50.0 Å². The fourth-order valence-corrected chi connectivity index (χ4v) is 4.45. The standard InChI is InChI=1S/C26H26BNO6/c1-16-17(13-25(29)33-3)12-18(14-24(16)27(31)32)28(2)26(30)34-15-23-21-10-6-4-8-19(21)20-9-5-7-11-22(20)23/h4-12,14,23,31-32H,13,15H2,1-3H3. The smallest absolute Gasteiger partial charge is 0.469 e. The van der Waals surface area contributed by atoms with Crippen LogP contribution in [0.5, 0.6) is 0 Å². The summed E-state index contributed by atoms with van der Waals surface area (Å²) in [5, 5.41) is 19.6. The van der Waals surface area contributed by atoms with Crippen LogP contribution in [0.2, 0.25) is 0 Å². The molecule has 0 saturated carbocycles. The zero-order valence-electron chi connectivity index (χ0n) is 19.3. The van der Waals surface area contributed by atoms with Gasteiger partial charge in [-0.05, 0) is 57.9 Å². The third-order valence-corrected chi connectivity index (χ3v) is 6.38. The summed E-state index contributed by atoms with van der Waals surface area (Å²) >= 11 is 0. The molecule has 4 rings (SSSR count). The molecule has 3 aromatic carbocycles. The summed E-state index contributed by atoms with van der Waals surface area (Å²) in [5.41, 5.74) is 6.16. The van der Waals surface area contributed by atoms with Crippen LogP contribution in [0.25, 0.3) is 11.1 Å². The molecule has 0 heterocycles. The molecule has 1 amide bonds. The molecule has 0 saturated heterocycles. The van der Waals surface area contributed by atoms with Crippen LogP contribution in [0.15, 0.2) is 60.7 Å². The SMILES string of the molecule is COC(=O)Cc1cc(N(C)C(=O)OCC2c3ccccc3-c3ccccc32)cc(B(O)O)c1C. The maximum absolute atomic E-state index is 13.0. The molecule has 174 valence electrons. The van der Waals surface area contributed by atoms with Crippen LogP contribution >= 0.6 is 0 Å². The Hall–Kier alpha value is -3.62. The predicted molar refractivity (Wildman–Crippen MR) is 130 cm³/mol. The number of benzene rings is 3. The Balaban J connectivity index is 1.56. The van der Waals surface area contributed by atoms with E-state index in [0.717, 1.165) is 22.3 Å². The first-order valence-corrected chi connectivity index (χ1v) is 11.0. The van der Waals surface area contributed by atoms with Crippen molar-refractivity contribution in [1.82, 2.24) is 0 Å². The lowest BCUT2D eigenvalue weighted by molar-refractivity contribution is -0.139. The van der Waals surface area contributed by atoms with E-state index in [1.165, 1.54) is 18.1 Å². The predicted octanol–water partition coefficient (Wildman–Crippen LogP) is 2.78. The van der Waals surface area contributed by atoms with E-state index in [-0.39, 0.29) is 24.4 Å². The number of hydrogen-bond acceptors (Lipinski definition) is 6. The van der Waals surface area contributed by atoms with Gasteiger partial charge in [0.1, 0.15) is 6.61 Å². The molecule has 1 aliphatic carbocycles. The number of carbonyl (C=O) groups is 2. The average Bonchev–Trinajstić information content (AvgIpc) is 3.16. The Labute approximate surface area is 198 Å². The maximum Gasteiger partial charge on any atom is 0.488 e. The lowest BCUT2D eigenvalue weighted by atomic mass is 9.75. The van der Waals surface area contributed by atoms with E-state index < -0.39 is 19.2 Å². The molecule has 7 nitrogen and oxygen atoms in total. The highest BCUT2D eigenvalue weighted by Gasteiger charge is 2.30. The molecule has 0 unspecified atom stereocenters. The molecule has 0 radical (unpaired) electrons. The van der Waals surface area contributed by atoms with E-state index in [0.29, 0.717) is 16.8 Å². The minimum absolute atomic E-state index is 0.0611. The Morgan fingerprint density at radius 2 is 1.59 bits per heavy atom. The lowest BCUT2D eigenvalue weighted by Gasteiger charge is -2.22. The first kappa shape index (κ1) is 23.5.